The van der Waals surface area contributed by atoms with Crippen molar-refractivity contribution in [3.8, 4) is 0 Å². The van der Waals surface area contributed by atoms with Crippen LogP contribution >= 0.6 is 0 Å². The predicted octanol–water partition coefficient (Wildman–Crippen LogP) is 3.04. The van der Waals surface area contributed by atoms with E-state index >= 15 is 0 Å². The maximum absolute atomic E-state index is 12.3. The van der Waals surface area contributed by atoms with Gasteiger partial charge < -0.3 is 15.3 Å². The van der Waals surface area contributed by atoms with Crippen molar-refractivity contribution in [1.82, 2.24) is 4.90 Å². The van der Waals surface area contributed by atoms with Crippen LogP contribution in [0, 0.1) is 11.8 Å². The highest BCUT2D eigenvalue weighted by atomic mass is 16.4. The summed E-state index contributed by atoms with van der Waals surface area (Å²) in [5.41, 5.74) is 0.781. The summed E-state index contributed by atoms with van der Waals surface area (Å²) in [4.78, 5) is 24.9. The van der Waals surface area contributed by atoms with E-state index in [9.17, 15) is 9.59 Å². The molecule has 0 spiro atoms. The van der Waals surface area contributed by atoms with Crippen molar-refractivity contribution in [3.63, 3.8) is 0 Å². The van der Waals surface area contributed by atoms with E-state index in [2.05, 4.69) is 12.2 Å². The lowest BCUT2D eigenvalue weighted by Crippen LogP contribution is -2.45. The molecule has 114 valence electrons. The van der Waals surface area contributed by atoms with E-state index in [-0.39, 0.29) is 24.3 Å². The maximum atomic E-state index is 12.3. The summed E-state index contributed by atoms with van der Waals surface area (Å²) >= 11 is 0. The molecule has 0 aliphatic carbocycles. The molecule has 1 aromatic carbocycles. The van der Waals surface area contributed by atoms with Gasteiger partial charge in [0.15, 0.2) is 0 Å². The van der Waals surface area contributed by atoms with Gasteiger partial charge in [-0.25, -0.2) is 4.79 Å². The molecule has 5 nitrogen and oxygen atoms in total. The Hall–Kier alpha value is -2.04. The molecular formula is C16H22N2O3. The molecular weight excluding hydrogens is 268 g/mol. The van der Waals surface area contributed by atoms with Gasteiger partial charge in [0.05, 0.1) is 0 Å². The zero-order valence-corrected chi connectivity index (χ0v) is 12.3. The monoisotopic (exact) mass is 290 g/mol. The topological polar surface area (TPSA) is 69.6 Å². The second-order valence-electron chi connectivity index (χ2n) is 5.56. The largest absolute Gasteiger partial charge is 0.481 e. The van der Waals surface area contributed by atoms with Gasteiger partial charge in [0.1, 0.15) is 0 Å². The van der Waals surface area contributed by atoms with Gasteiger partial charge >= 0.3 is 12.0 Å². The minimum atomic E-state index is -0.749. The van der Waals surface area contributed by atoms with Gasteiger partial charge in [0, 0.05) is 25.2 Å². The Morgan fingerprint density at radius 1 is 1.29 bits per heavy atom. The van der Waals surface area contributed by atoms with Gasteiger partial charge in [-0.1, -0.05) is 31.5 Å². The highest BCUT2D eigenvalue weighted by Gasteiger charge is 2.31. The van der Waals surface area contributed by atoms with E-state index in [1.807, 2.05) is 30.3 Å². The maximum Gasteiger partial charge on any atom is 0.321 e. The molecule has 0 radical (unpaired) electrons. The standard InChI is InChI=1S/C16H22N2O3/c1-2-12-11-18(9-8-13(12)10-15(19)20)16(21)17-14-6-4-3-5-7-14/h3-7,12-13H,2,8-11H2,1H3,(H,17,21)(H,19,20). The van der Waals surface area contributed by atoms with E-state index in [0.717, 1.165) is 18.5 Å². The number of urea groups is 1. The molecule has 1 heterocycles. The average molecular weight is 290 g/mol. The van der Waals surface area contributed by atoms with E-state index in [0.29, 0.717) is 13.1 Å². The highest BCUT2D eigenvalue weighted by molar-refractivity contribution is 5.89. The van der Waals surface area contributed by atoms with Crippen LogP contribution in [0.15, 0.2) is 30.3 Å². The van der Waals surface area contributed by atoms with Crippen LogP contribution in [0.25, 0.3) is 0 Å². The van der Waals surface area contributed by atoms with Crippen molar-refractivity contribution in [2.75, 3.05) is 18.4 Å². The SMILES string of the molecule is CCC1CN(C(=O)Nc2ccccc2)CCC1CC(=O)O. The number of carbonyl (C=O) groups is 2. The minimum absolute atomic E-state index is 0.103. The third-order valence-electron chi connectivity index (χ3n) is 4.16. The Kier molecular flexibility index (Phi) is 5.20. The average Bonchev–Trinajstić information content (AvgIpc) is 2.48. The van der Waals surface area contributed by atoms with Crippen LogP contribution in [0.1, 0.15) is 26.2 Å². The molecule has 0 aromatic heterocycles. The first-order chi connectivity index (χ1) is 10.1. The molecule has 1 aliphatic rings. The third kappa shape index (κ3) is 4.21. The molecule has 0 bridgehead atoms. The van der Waals surface area contributed by atoms with Crippen LogP contribution in [-0.2, 0) is 4.79 Å². The number of aliphatic carboxylic acids is 1. The molecule has 2 unspecified atom stereocenters. The summed E-state index contributed by atoms with van der Waals surface area (Å²) in [6.45, 7) is 3.30. The number of nitrogens with zero attached hydrogens (tertiary/aromatic N) is 1. The fourth-order valence-corrected chi connectivity index (χ4v) is 2.94. The van der Waals surface area contributed by atoms with Crippen LogP contribution < -0.4 is 5.32 Å². The normalized spacial score (nSPS) is 21.9. The highest BCUT2D eigenvalue weighted by Crippen LogP contribution is 2.29. The lowest BCUT2D eigenvalue weighted by Gasteiger charge is -2.37. The molecule has 21 heavy (non-hydrogen) atoms. The molecule has 2 amide bonds. The van der Waals surface area contributed by atoms with Crippen LogP contribution in [0.4, 0.5) is 10.5 Å². The van der Waals surface area contributed by atoms with Gasteiger partial charge in [-0.3, -0.25) is 4.79 Å². The number of amides is 2. The number of benzene rings is 1. The lowest BCUT2D eigenvalue weighted by atomic mass is 9.82. The van der Waals surface area contributed by atoms with Crippen LogP contribution in [0.2, 0.25) is 0 Å². The fourth-order valence-electron chi connectivity index (χ4n) is 2.94. The fraction of sp³-hybridized carbons (Fsp3) is 0.500. The predicted molar refractivity (Wildman–Crippen MR) is 81.2 cm³/mol. The Balaban J connectivity index is 1.93. The number of para-hydroxylation sites is 1. The molecule has 1 saturated heterocycles. The molecule has 0 saturated carbocycles. The number of carbonyl (C=O) groups excluding carboxylic acids is 1. The summed E-state index contributed by atoms with van der Waals surface area (Å²) in [7, 11) is 0. The van der Waals surface area contributed by atoms with Crippen molar-refractivity contribution in [2.45, 2.75) is 26.2 Å². The number of carboxylic acids is 1. The van der Waals surface area contributed by atoms with Gasteiger partial charge in [-0.15, -0.1) is 0 Å². The second-order valence-corrected chi connectivity index (χ2v) is 5.56. The van der Waals surface area contributed by atoms with Crippen LogP contribution in [0.3, 0.4) is 0 Å². The first kappa shape index (κ1) is 15.4. The van der Waals surface area contributed by atoms with Crippen molar-refractivity contribution in [3.05, 3.63) is 30.3 Å². The molecule has 1 aromatic rings. The number of rotatable bonds is 4. The van der Waals surface area contributed by atoms with Crippen molar-refractivity contribution in [1.29, 1.82) is 0 Å². The number of likely N-dealkylation sites (tertiary alicyclic amines) is 1. The van der Waals surface area contributed by atoms with Crippen molar-refractivity contribution in [2.24, 2.45) is 11.8 Å². The summed E-state index contributed by atoms with van der Waals surface area (Å²) in [6, 6.07) is 9.26. The van der Waals surface area contributed by atoms with E-state index in [4.69, 9.17) is 5.11 Å². The van der Waals surface area contributed by atoms with E-state index < -0.39 is 5.97 Å². The molecule has 5 heteroatoms. The zero-order chi connectivity index (χ0) is 15.2. The Morgan fingerprint density at radius 3 is 2.62 bits per heavy atom. The smallest absolute Gasteiger partial charge is 0.321 e. The summed E-state index contributed by atoms with van der Waals surface area (Å²) in [5.74, 6) is -0.315. The summed E-state index contributed by atoms with van der Waals surface area (Å²) in [5, 5.41) is 11.8. The van der Waals surface area contributed by atoms with Crippen LogP contribution in [0.5, 0.6) is 0 Å². The number of nitrogens with one attached hydrogen (secondary N) is 1. The van der Waals surface area contributed by atoms with Crippen LogP contribution in [-0.4, -0.2) is 35.1 Å². The van der Waals surface area contributed by atoms with Gasteiger partial charge in [-0.2, -0.15) is 0 Å². The summed E-state index contributed by atoms with van der Waals surface area (Å²) in [6.07, 6.45) is 1.85. The number of carboxylic acid groups (broad SMARTS) is 1. The second kappa shape index (κ2) is 7.11. The first-order valence-electron chi connectivity index (χ1n) is 7.43. The number of hydrogen-bond acceptors (Lipinski definition) is 2. The Morgan fingerprint density at radius 2 is 2.00 bits per heavy atom. The van der Waals surface area contributed by atoms with E-state index in [1.165, 1.54) is 0 Å². The number of anilines is 1. The van der Waals surface area contributed by atoms with Gasteiger partial charge in [-0.05, 0) is 30.4 Å². The summed E-state index contributed by atoms with van der Waals surface area (Å²) < 4.78 is 0. The number of piperidine rings is 1. The third-order valence-corrected chi connectivity index (χ3v) is 4.16. The number of hydrogen-bond donors (Lipinski definition) is 2. The Labute approximate surface area is 125 Å². The minimum Gasteiger partial charge on any atom is -0.481 e. The molecule has 2 rings (SSSR count). The van der Waals surface area contributed by atoms with E-state index in [1.54, 1.807) is 4.90 Å². The lowest BCUT2D eigenvalue weighted by molar-refractivity contribution is -0.139. The molecule has 1 aliphatic heterocycles. The van der Waals surface area contributed by atoms with Crippen molar-refractivity contribution < 1.29 is 14.7 Å². The Bertz CT molecular complexity index is 490. The molecule has 2 atom stereocenters. The molecule has 1 fully saturated rings. The first-order valence-corrected chi connectivity index (χ1v) is 7.43. The quantitative estimate of drug-likeness (QED) is 0.895. The molecule has 2 N–H and O–H groups in total. The van der Waals surface area contributed by atoms with Gasteiger partial charge in [0.2, 0.25) is 0 Å². The zero-order valence-electron chi connectivity index (χ0n) is 12.3. The van der Waals surface area contributed by atoms with Crippen molar-refractivity contribution >= 4 is 17.7 Å². The van der Waals surface area contributed by atoms with Gasteiger partial charge in [0.25, 0.3) is 0 Å².